The highest BCUT2D eigenvalue weighted by Crippen LogP contribution is 2.53. The molecule has 6 rings (SSSR count). The topological polar surface area (TPSA) is 73.8 Å². The zero-order valence-electron chi connectivity index (χ0n) is 29.7. The van der Waals surface area contributed by atoms with E-state index in [0.29, 0.717) is 79.3 Å². The first-order valence-corrected chi connectivity index (χ1v) is 21.1. The minimum absolute atomic E-state index is 0.385. The molecule has 4 aromatic rings. The molecule has 0 aromatic heterocycles. The van der Waals surface area contributed by atoms with Gasteiger partial charge in [-0.2, -0.15) is 0 Å². The Kier molecular flexibility index (Phi) is 16.0. The van der Waals surface area contributed by atoms with Crippen molar-refractivity contribution in [1.29, 1.82) is 0 Å². The van der Waals surface area contributed by atoms with Crippen LogP contribution in [0.1, 0.15) is 26.7 Å². The molecule has 0 N–H and O–H groups in total. The molecular weight excluding hydrogens is 737 g/mol. The van der Waals surface area contributed by atoms with Crippen LogP contribution in [0.4, 0.5) is 0 Å². The molecule has 0 radical (unpaired) electrons. The van der Waals surface area contributed by atoms with Gasteiger partial charge in [-0.15, -0.1) is 0 Å². The molecule has 4 aromatic carbocycles. The average molecular weight is 783 g/mol. The highest BCUT2D eigenvalue weighted by atomic mass is 32.2. The van der Waals surface area contributed by atoms with Crippen molar-refractivity contribution in [3.05, 3.63) is 72.8 Å². The number of hydrogen-bond acceptors (Lipinski definition) is 12. The monoisotopic (exact) mass is 782 g/mol. The Morgan fingerprint density at radius 1 is 0.404 bits per heavy atom. The van der Waals surface area contributed by atoms with Gasteiger partial charge >= 0.3 is 0 Å². The van der Waals surface area contributed by atoms with E-state index in [1.54, 1.807) is 47.0 Å². The summed E-state index contributed by atoms with van der Waals surface area (Å²) in [5.41, 5.74) is 0. The summed E-state index contributed by atoms with van der Waals surface area (Å²) in [6.45, 7) is 9.98. The van der Waals surface area contributed by atoms with Gasteiger partial charge in [-0.05, 0) is 61.4 Å². The second-order valence-corrected chi connectivity index (χ2v) is 15.9. The van der Waals surface area contributed by atoms with E-state index in [9.17, 15) is 0 Å². The van der Waals surface area contributed by atoms with Crippen molar-refractivity contribution in [3.63, 3.8) is 0 Å². The molecule has 10 bridgehead atoms. The minimum atomic E-state index is 0.385. The summed E-state index contributed by atoms with van der Waals surface area (Å²) in [7, 11) is 0. The number of benzene rings is 4. The van der Waals surface area contributed by atoms with Crippen molar-refractivity contribution in [2.45, 2.75) is 65.9 Å². The number of para-hydroxylation sites is 4. The van der Waals surface area contributed by atoms with E-state index < -0.39 is 0 Å². The molecule has 0 atom stereocenters. The fourth-order valence-corrected chi connectivity index (χ4v) is 9.72. The Morgan fingerprint density at radius 2 is 0.673 bits per heavy atom. The van der Waals surface area contributed by atoms with Gasteiger partial charge < -0.3 is 37.9 Å². The molecule has 8 nitrogen and oxygen atoms in total. The largest absolute Gasteiger partial charge is 0.491 e. The summed E-state index contributed by atoms with van der Waals surface area (Å²) < 4.78 is 49.4. The first kappa shape index (κ1) is 39.0. The lowest BCUT2D eigenvalue weighted by Gasteiger charge is -2.21. The van der Waals surface area contributed by atoms with Crippen LogP contribution in [0.2, 0.25) is 0 Å². The number of hydrogen-bond donors (Lipinski definition) is 0. The van der Waals surface area contributed by atoms with Crippen LogP contribution in [0.15, 0.2) is 112 Å². The summed E-state index contributed by atoms with van der Waals surface area (Å²) >= 11 is 6.59. The molecular formula is C40H46O8S4. The number of ether oxygens (including phenoxy) is 8. The minimum Gasteiger partial charge on any atom is -0.491 e. The first-order chi connectivity index (χ1) is 25.7. The molecule has 0 aliphatic carbocycles. The van der Waals surface area contributed by atoms with Crippen LogP contribution in [-0.4, -0.2) is 79.3 Å². The third-order valence-corrected chi connectivity index (χ3v) is 11.9. The van der Waals surface area contributed by atoms with E-state index in [0.717, 1.165) is 75.0 Å². The van der Waals surface area contributed by atoms with Gasteiger partial charge in [0.1, 0.15) is 36.2 Å². The van der Waals surface area contributed by atoms with Crippen LogP contribution in [0, 0.1) is 0 Å². The molecule has 278 valence electrons. The predicted octanol–water partition coefficient (Wildman–Crippen LogP) is 10.0. The standard InChI is InChI=1S/C40H46O8S4/c1-3-17-45-37-29-9-5-10-30(37)50-34-14-8-16-36-40(34)48-28-26-44-24-22-42-20-19-41-21-23-43-25-27-47-39-33(49-29)13-7-15-35(39)51-31-11-6-12-32(52-36)38(31)46-18-4-2/h5-16H,3-4,17-28H2,1-2H3. The van der Waals surface area contributed by atoms with Crippen molar-refractivity contribution in [2.24, 2.45) is 0 Å². The van der Waals surface area contributed by atoms with Crippen LogP contribution >= 0.6 is 47.0 Å². The Labute approximate surface area is 324 Å². The van der Waals surface area contributed by atoms with Gasteiger partial charge in [-0.1, -0.05) is 85.2 Å². The van der Waals surface area contributed by atoms with Crippen LogP contribution in [-0.2, 0) is 18.9 Å². The molecule has 2 aliphatic rings. The van der Waals surface area contributed by atoms with Crippen molar-refractivity contribution in [2.75, 3.05) is 79.3 Å². The Hall–Kier alpha value is -2.68. The second-order valence-electron chi connectivity index (χ2n) is 11.6. The second kappa shape index (κ2) is 21.3. The molecule has 0 amide bonds. The van der Waals surface area contributed by atoms with E-state index in [2.05, 4.69) is 86.6 Å². The molecule has 2 aliphatic heterocycles. The lowest BCUT2D eigenvalue weighted by Crippen LogP contribution is -2.15. The Morgan fingerprint density at radius 3 is 0.962 bits per heavy atom. The molecule has 0 saturated heterocycles. The van der Waals surface area contributed by atoms with E-state index >= 15 is 0 Å². The van der Waals surface area contributed by atoms with Gasteiger partial charge in [0, 0.05) is 0 Å². The van der Waals surface area contributed by atoms with Crippen LogP contribution < -0.4 is 18.9 Å². The molecule has 12 heteroatoms. The third kappa shape index (κ3) is 10.9. The maximum Gasteiger partial charge on any atom is 0.147 e. The smallest absolute Gasteiger partial charge is 0.147 e. The van der Waals surface area contributed by atoms with Crippen molar-refractivity contribution in [3.8, 4) is 23.0 Å². The molecule has 52 heavy (non-hydrogen) atoms. The van der Waals surface area contributed by atoms with Crippen molar-refractivity contribution < 1.29 is 37.9 Å². The fraction of sp³-hybridized carbons (Fsp3) is 0.400. The van der Waals surface area contributed by atoms with Gasteiger partial charge in [0.2, 0.25) is 0 Å². The average Bonchev–Trinajstić information content (AvgIpc) is 3.15. The van der Waals surface area contributed by atoms with E-state index in [1.165, 1.54) is 0 Å². The molecule has 2 heterocycles. The van der Waals surface area contributed by atoms with Gasteiger partial charge in [0.05, 0.1) is 105 Å². The van der Waals surface area contributed by atoms with Gasteiger partial charge in [-0.25, -0.2) is 0 Å². The predicted molar refractivity (Wildman–Crippen MR) is 208 cm³/mol. The van der Waals surface area contributed by atoms with Crippen molar-refractivity contribution >= 4 is 47.0 Å². The molecule has 0 spiro atoms. The lowest BCUT2D eigenvalue weighted by atomic mass is 10.3. The quantitative estimate of drug-likeness (QED) is 0.165. The zero-order chi connectivity index (χ0) is 35.8. The van der Waals surface area contributed by atoms with Crippen LogP contribution in [0.5, 0.6) is 23.0 Å². The van der Waals surface area contributed by atoms with Gasteiger partial charge in [0.15, 0.2) is 0 Å². The summed E-state index contributed by atoms with van der Waals surface area (Å²) in [6, 6.07) is 25.3. The summed E-state index contributed by atoms with van der Waals surface area (Å²) in [5.74, 6) is 3.29. The maximum absolute atomic E-state index is 6.61. The Balaban J connectivity index is 1.48. The van der Waals surface area contributed by atoms with Crippen LogP contribution in [0.25, 0.3) is 0 Å². The van der Waals surface area contributed by atoms with Gasteiger partial charge in [0.25, 0.3) is 0 Å². The number of rotatable bonds is 6. The summed E-state index contributed by atoms with van der Waals surface area (Å²) in [6.07, 6.45) is 1.78. The molecule has 0 unspecified atom stereocenters. The Bertz CT molecular complexity index is 1510. The van der Waals surface area contributed by atoms with Crippen LogP contribution in [0.3, 0.4) is 0 Å². The van der Waals surface area contributed by atoms with E-state index in [1.807, 2.05) is 0 Å². The SMILES string of the molecule is CCCOc1c2cccc1Sc1cccc3c1OCCOCCOCCOCCOCCOc1c(cccc1Sc1cccc(c1OCCC)S3)S2. The van der Waals surface area contributed by atoms with Gasteiger partial charge in [-0.3, -0.25) is 0 Å². The lowest BCUT2D eigenvalue weighted by molar-refractivity contribution is -0.00726. The number of fused-ring (bicyclic) bond motifs is 2. The summed E-state index contributed by atoms with van der Waals surface area (Å²) in [4.78, 5) is 7.99. The maximum atomic E-state index is 6.61. The molecule has 0 saturated carbocycles. The third-order valence-electron chi connectivity index (χ3n) is 7.62. The highest BCUT2D eigenvalue weighted by Gasteiger charge is 2.23. The zero-order valence-corrected chi connectivity index (χ0v) is 33.0. The molecule has 0 fully saturated rings. The summed E-state index contributed by atoms with van der Waals surface area (Å²) in [5, 5.41) is 0. The van der Waals surface area contributed by atoms with Crippen molar-refractivity contribution in [1.82, 2.24) is 0 Å². The fourth-order valence-electron chi connectivity index (χ4n) is 5.24. The normalized spacial score (nSPS) is 16.3. The van der Waals surface area contributed by atoms with E-state index in [-0.39, 0.29) is 0 Å². The van der Waals surface area contributed by atoms with E-state index in [4.69, 9.17) is 37.9 Å². The highest BCUT2D eigenvalue weighted by molar-refractivity contribution is 8.01. The first-order valence-electron chi connectivity index (χ1n) is 17.8.